The SMILES string of the molecule is CCOc1ccc(OCCNC(=O)CN(C)Cc2ccccc2F)cc1. The van der Waals surface area contributed by atoms with Crippen molar-refractivity contribution in [1.29, 1.82) is 0 Å². The molecule has 2 rings (SSSR count). The zero-order valence-corrected chi connectivity index (χ0v) is 15.2. The summed E-state index contributed by atoms with van der Waals surface area (Å²) < 4.78 is 24.5. The molecule has 0 aliphatic heterocycles. The molecule has 1 amide bonds. The standard InChI is InChI=1S/C20H25FN2O3/c1-3-25-17-8-10-18(11-9-17)26-13-12-22-20(24)15-23(2)14-16-6-4-5-7-19(16)21/h4-11H,3,12-15H2,1-2H3,(H,22,24). The number of hydrogen-bond acceptors (Lipinski definition) is 4. The molecule has 0 unspecified atom stereocenters. The average Bonchev–Trinajstić information content (AvgIpc) is 2.62. The molecule has 0 aliphatic rings. The summed E-state index contributed by atoms with van der Waals surface area (Å²) in [5, 5.41) is 2.79. The molecule has 2 aromatic rings. The van der Waals surface area contributed by atoms with Crippen LogP contribution in [0.4, 0.5) is 4.39 Å². The van der Waals surface area contributed by atoms with Gasteiger partial charge in [0.25, 0.3) is 0 Å². The van der Waals surface area contributed by atoms with Crippen LogP contribution in [0.1, 0.15) is 12.5 Å². The molecule has 6 heteroatoms. The van der Waals surface area contributed by atoms with E-state index in [0.29, 0.717) is 31.9 Å². The van der Waals surface area contributed by atoms with Gasteiger partial charge in [0.05, 0.1) is 19.7 Å². The van der Waals surface area contributed by atoms with Crippen molar-refractivity contribution in [2.45, 2.75) is 13.5 Å². The lowest BCUT2D eigenvalue weighted by molar-refractivity contribution is -0.122. The summed E-state index contributed by atoms with van der Waals surface area (Å²) in [5.74, 6) is 1.13. The Kier molecular flexibility index (Phi) is 7.89. The van der Waals surface area contributed by atoms with Crippen molar-refractivity contribution in [3.63, 3.8) is 0 Å². The summed E-state index contributed by atoms with van der Waals surface area (Å²) in [5.41, 5.74) is 0.571. The normalized spacial score (nSPS) is 10.6. The molecule has 140 valence electrons. The maximum atomic E-state index is 13.6. The van der Waals surface area contributed by atoms with Crippen LogP contribution in [0.15, 0.2) is 48.5 Å². The second-order valence-electron chi connectivity index (χ2n) is 5.87. The molecule has 0 aliphatic carbocycles. The van der Waals surface area contributed by atoms with Gasteiger partial charge < -0.3 is 14.8 Å². The van der Waals surface area contributed by atoms with Gasteiger partial charge in [-0.3, -0.25) is 9.69 Å². The summed E-state index contributed by atoms with van der Waals surface area (Å²) in [6, 6.07) is 13.9. The lowest BCUT2D eigenvalue weighted by Gasteiger charge is -2.17. The highest BCUT2D eigenvalue weighted by atomic mass is 19.1. The van der Waals surface area contributed by atoms with Crippen molar-refractivity contribution < 1.29 is 18.7 Å². The Labute approximate surface area is 153 Å². The van der Waals surface area contributed by atoms with Gasteiger partial charge in [-0.1, -0.05) is 18.2 Å². The average molecular weight is 360 g/mol. The highest BCUT2D eigenvalue weighted by Gasteiger charge is 2.09. The van der Waals surface area contributed by atoms with E-state index in [0.717, 1.165) is 11.5 Å². The van der Waals surface area contributed by atoms with Crippen molar-refractivity contribution in [3.05, 3.63) is 59.9 Å². The molecule has 0 fully saturated rings. The van der Waals surface area contributed by atoms with Crippen LogP contribution in [0, 0.1) is 5.82 Å². The predicted octanol–water partition coefficient (Wildman–Crippen LogP) is 2.85. The third kappa shape index (κ3) is 6.72. The van der Waals surface area contributed by atoms with Crippen molar-refractivity contribution in [2.24, 2.45) is 0 Å². The minimum Gasteiger partial charge on any atom is -0.494 e. The van der Waals surface area contributed by atoms with Gasteiger partial charge in [-0.15, -0.1) is 0 Å². The van der Waals surface area contributed by atoms with E-state index in [1.54, 1.807) is 30.1 Å². The third-order valence-electron chi connectivity index (χ3n) is 3.64. The number of rotatable bonds is 10. The van der Waals surface area contributed by atoms with Crippen LogP contribution >= 0.6 is 0 Å². The van der Waals surface area contributed by atoms with Crippen LogP contribution in [-0.4, -0.2) is 44.2 Å². The van der Waals surface area contributed by atoms with Gasteiger partial charge in [0.1, 0.15) is 23.9 Å². The summed E-state index contributed by atoms with van der Waals surface area (Å²) in [7, 11) is 1.78. The minimum absolute atomic E-state index is 0.126. The highest BCUT2D eigenvalue weighted by molar-refractivity contribution is 5.77. The van der Waals surface area contributed by atoms with Crippen molar-refractivity contribution in [1.82, 2.24) is 10.2 Å². The quantitative estimate of drug-likeness (QED) is 0.662. The molecule has 0 saturated heterocycles. The minimum atomic E-state index is -0.261. The Balaban J connectivity index is 1.64. The molecule has 0 bridgehead atoms. The Morgan fingerprint density at radius 1 is 1.08 bits per heavy atom. The molecular weight excluding hydrogens is 335 g/mol. The molecule has 2 aromatic carbocycles. The fraction of sp³-hybridized carbons (Fsp3) is 0.350. The van der Waals surface area contributed by atoms with E-state index in [4.69, 9.17) is 9.47 Å². The summed E-state index contributed by atoms with van der Waals surface area (Å²) in [6.07, 6.45) is 0. The zero-order chi connectivity index (χ0) is 18.8. The van der Waals surface area contributed by atoms with Crippen LogP contribution in [0.25, 0.3) is 0 Å². The van der Waals surface area contributed by atoms with E-state index >= 15 is 0 Å². The first-order chi connectivity index (χ1) is 12.6. The van der Waals surface area contributed by atoms with Crippen LogP contribution in [0.5, 0.6) is 11.5 Å². The summed E-state index contributed by atoms with van der Waals surface area (Å²) in [6.45, 7) is 3.90. The second-order valence-corrected chi connectivity index (χ2v) is 5.87. The number of hydrogen-bond donors (Lipinski definition) is 1. The molecule has 0 radical (unpaired) electrons. The molecular formula is C20H25FN2O3. The molecule has 26 heavy (non-hydrogen) atoms. The number of likely N-dealkylation sites (N-methyl/N-ethyl adjacent to an activating group) is 1. The first-order valence-electron chi connectivity index (χ1n) is 8.62. The number of nitrogens with one attached hydrogen (secondary N) is 1. The van der Waals surface area contributed by atoms with Crippen LogP contribution < -0.4 is 14.8 Å². The molecule has 0 spiro atoms. The smallest absolute Gasteiger partial charge is 0.234 e. The van der Waals surface area contributed by atoms with Crippen molar-refractivity contribution >= 4 is 5.91 Å². The molecule has 0 saturated carbocycles. The van der Waals surface area contributed by atoms with Crippen LogP contribution in [0.2, 0.25) is 0 Å². The number of nitrogens with zero attached hydrogens (tertiary/aromatic N) is 1. The lowest BCUT2D eigenvalue weighted by Crippen LogP contribution is -2.36. The molecule has 1 N–H and O–H groups in total. The number of amides is 1. The lowest BCUT2D eigenvalue weighted by atomic mass is 10.2. The van der Waals surface area contributed by atoms with Crippen LogP contribution in [0.3, 0.4) is 0 Å². The van der Waals surface area contributed by atoms with Gasteiger partial charge in [0, 0.05) is 12.1 Å². The fourth-order valence-electron chi connectivity index (χ4n) is 2.43. The van der Waals surface area contributed by atoms with Gasteiger partial charge >= 0.3 is 0 Å². The maximum absolute atomic E-state index is 13.6. The Hall–Kier alpha value is -2.60. The fourth-order valence-corrected chi connectivity index (χ4v) is 2.43. The molecule has 0 atom stereocenters. The van der Waals surface area contributed by atoms with Crippen molar-refractivity contribution in [3.8, 4) is 11.5 Å². The number of carbonyl (C=O) groups excluding carboxylic acids is 1. The van der Waals surface area contributed by atoms with Gasteiger partial charge in [-0.05, 0) is 44.3 Å². The Bertz CT molecular complexity index is 692. The van der Waals surface area contributed by atoms with E-state index in [9.17, 15) is 9.18 Å². The summed E-state index contributed by atoms with van der Waals surface area (Å²) in [4.78, 5) is 13.7. The van der Waals surface area contributed by atoms with E-state index in [1.165, 1.54) is 6.07 Å². The number of halogens is 1. The van der Waals surface area contributed by atoms with Gasteiger partial charge in [0.15, 0.2) is 0 Å². The molecule has 0 heterocycles. The van der Waals surface area contributed by atoms with Gasteiger partial charge in [-0.2, -0.15) is 0 Å². The molecule has 5 nitrogen and oxygen atoms in total. The Morgan fingerprint density at radius 3 is 2.38 bits per heavy atom. The first-order valence-corrected chi connectivity index (χ1v) is 8.62. The van der Waals surface area contributed by atoms with E-state index in [1.807, 2.05) is 31.2 Å². The monoisotopic (exact) mass is 360 g/mol. The van der Waals surface area contributed by atoms with Crippen LogP contribution in [-0.2, 0) is 11.3 Å². The number of carbonyl (C=O) groups is 1. The topological polar surface area (TPSA) is 50.8 Å². The van der Waals surface area contributed by atoms with E-state index < -0.39 is 0 Å². The largest absolute Gasteiger partial charge is 0.494 e. The highest BCUT2D eigenvalue weighted by Crippen LogP contribution is 2.17. The van der Waals surface area contributed by atoms with E-state index in [2.05, 4.69) is 5.32 Å². The van der Waals surface area contributed by atoms with Gasteiger partial charge in [-0.25, -0.2) is 4.39 Å². The number of ether oxygens (including phenoxy) is 2. The third-order valence-corrected chi connectivity index (χ3v) is 3.64. The summed E-state index contributed by atoms with van der Waals surface area (Å²) >= 11 is 0. The second kappa shape index (κ2) is 10.4. The zero-order valence-electron chi connectivity index (χ0n) is 15.2. The Morgan fingerprint density at radius 2 is 1.73 bits per heavy atom. The first kappa shape index (κ1) is 19.7. The predicted molar refractivity (Wildman–Crippen MR) is 98.8 cm³/mol. The van der Waals surface area contributed by atoms with Crippen molar-refractivity contribution in [2.75, 3.05) is 33.4 Å². The maximum Gasteiger partial charge on any atom is 0.234 e. The molecule has 0 aromatic heterocycles. The van der Waals surface area contributed by atoms with E-state index in [-0.39, 0.29) is 18.3 Å². The number of benzene rings is 2. The van der Waals surface area contributed by atoms with Gasteiger partial charge in [0.2, 0.25) is 5.91 Å².